The summed E-state index contributed by atoms with van der Waals surface area (Å²) in [6.07, 6.45) is 0. The standard InChI is InChI=1S/C27H21NO2/c1-30-25-16-15-20-11-5-6-12-21(20)27(25)23-17-26(29)28(18-19-9-3-2-4-10-19)24-14-8-7-13-22(23)24/h2-17H,18H2,1H3. The smallest absolute Gasteiger partial charge is 0.251 e. The third kappa shape index (κ3) is 3.05. The number of aromatic nitrogens is 1. The largest absolute Gasteiger partial charge is 0.496 e. The molecule has 30 heavy (non-hydrogen) atoms. The maximum absolute atomic E-state index is 13.3. The van der Waals surface area contributed by atoms with Gasteiger partial charge >= 0.3 is 0 Å². The first-order valence-electron chi connectivity index (χ1n) is 9.99. The highest BCUT2D eigenvalue weighted by Crippen LogP contribution is 2.39. The highest BCUT2D eigenvalue weighted by atomic mass is 16.5. The molecule has 1 heterocycles. The van der Waals surface area contributed by atoms with Gasteiger partial charge in [0, 0.05) is 22.6 Å². The Morgan fingerprint density at radius 2 is 1.47 bits per heavy atom. The van der Waals surface area contributed by atoms with Crippen LogP contribution in [0, 0.1) is 0 Å². The van der Waals surface area contributed by atoms with Crippen molar-refractivity contribution in [2.75, 3.05) is 7.11 Å². The number of hydrogen-bond donors (Lipinski definition) is 0. The van der Waals surface area contributed by atoms with Gasteiger partial charge in [-0.1, -0.05) is 78.9 Å². The Morgan fingerprint density at radius 1 is 0.767 bits per heavy atom. The van der Waals surface area contributed by atoms with Crippen LogP contribution in [0.15, 0.2) is 102 Å². The van der Waals surface area contributed by atoms with Crippen LogP contribution in [-0.2, 0) is 6.54 Å². The Balaban J connectivity index is 1.82. The van der Waals surface area contributed by atoms with Gasteiger partial charge in [-0.15, -0.1) is 0 Å². The van der Waals surface area contributed by atoms with Gasteiger partial charge < -0.3 is 9.30 Å². The van der Waals surface area contributed by atoms with E-state index < -0.39 is 0 Å². The molecule has 0 saturated heterocycles. The van der Waals surface area contributed by atoms with Crippen molar-refractivity contribution in [2.24, 2.45) is 0 Å². The number of ether oxygens (including phenoxy) is 1. The number of benzene rings is 4. The fourth-order valence-corrected chi connectivity index (χ4v) is 4.17. The van der Waals surface area contributed by atoms with E-state index in [0.29, 0.717) is 6.54 Å². The highest BCUT2D eigenvalue weighted by molar-refractivity contribution is 6.06. The molecule has 0 spiro atoms. The lowest BCUT2D eigenvalue weighted by atomic mass is 9.94. The molecule has 0 aliphatic rings. The van der Waals surface area contributed by atoms with Crippen molar-refractivity contribution < 1.29 is 4.74 Å². The van der Waals surface area contributed by atoms with Gasteiger partial charge in [0.05, 0.1) is 19.2 Å². The normalized spacial score (nSPS) is 11.1. The van der Waals surface area contributed by atoms with Crippen molar-refractivity contribution in [1.82, 2.24) is 4.57 Å². The van der Waals surface area contributed by atoms with E-state index in [1.165, 1.54) is 0 Å². The molecule has 0 aliphatic carbocycles. The predicted molar refractivity (Wildman–Crippen MR) is 123 cm³/mol. The predicted octanol–water partition coefficient (Wildman–Crippen LogP) is 5.88. The Morgan fingerprint density at radius 3 is 2.27 bits per heavy atom. The molecule has 0 bridgehead atoms. The van der Waals surface area contributed by atoms with Gasteiger partial charge in [0.25, 0.3) is 5.56 Å². The zero-order valence-corrected chi connectivity index (χ0v) is 16.7. The lowest BCUT2D eigenvalue weighted by Gasteiger charge is -2.17. The van der Waals surface area contributed by atoms with E-state index in [0.717, 1.165) is 44.1 Å². The van der Waals surface area contributed by atoms with Crippen LogP contribution < -0.4 is 10.3 Å². The first-order chi connectivity index (χ1) is 14.8. The summed E-state index contributed by atoms with van der Waals surface area (Å²) in [5.74, 6) is 0.763. The van der Waals surface area contributed by atoms with Gasteiger partial charge in [-0.25, -0.2) is 0 Å². The molecule has 5 aromatic rings. The maximum atomic E-state index is 13.3. The van der Waals surface area contributed by atoms with Crippen LogP contribution >= 0.6 is 0 Å². The Labute approximate surface area is 174 Å². The Bertz CT molecular complexity index is 1420. The lowest BCUT2D eigenvalue weighted by Crippen LogP contribution is -2.20. The third-order valence-corrected chi connectivity index (χ3v) is 5.58. The van der Waals surface area contributed by atoms with Crippen molar-refractivity contribution in [3.05, 3.63) is 113 Å². The summed E-state index contributed by atoms with van der Waals surface area (Å²) in [5, 5.41) is 3.22. The molecule has 4 aromatic carbocycles. The summed E-state index contributed by atoms with van der Waals surface area (Å²) >= 11 is 0. The summed E-state index contributed by atoms with van der Waals surface area (Å²) in [4.78, 5) is 13.3. The number of fused-ring (bicyclic) bond motifs is 2. The van der Waals surface area contributed by atoms with Crippen LogP contribution in [0.5, 0.6) is 5.75 Å². The number of pyridine rings is 1. The summed E-state index contributed by atoms with van der Waals surface area (Å²) < 4.78 is 7.55. The van der Waals surface area contributed by atoms with Gasteiger partial charge in [0.1, 0.15) is 5.75 Å². The van der Waals surface area contributed by atoms with E-state index in [9.17, 15) is 4.79 Å². The molecular formula is C27H21NO2. The van der Waals surface area contributed by atoms with Crippen LogP contribution in [0.3, 0.4) is 0 Å². The monoisotopic (exact) mass is 391 g/mol. The zero-order chi connectivity index (χ0) is 20.5. The van der Waals surface area contributed by atoms with Gasteiger partial charge in [-0.05, 0) is 28.5 Å². The second-order valence-electron chi connectivity index (χ2n) is 7.35. The number of para-hydroxylation sites is 1. The minimum Gasteiger partial charge on any atom is -0.496 e. The van der Waals surface area contributed by atoms with Crippen LogP contribution in [0.1, 0.15) is 5.56 Å². The SMILES string of the molecule is COc1ccc2ccccc2c1-c1cc(=O)n(Cc2ccccc2)c2ccccc12. The Hall–Kier alpha value is -3.85. The van der Waals surface area contributed by atoms with Crippen molar-refractivity contribution in [3.8, 4) is 16.9 Å². The molecule has 0 unspecified atom stereocenters. The summed E-state index contributed by atoms with van der Waals surface area (Å²) in [6, 6.07) is 32.1. The minimum absolute atomic E-state index is 0.0254. The molecule has 0 radical (unpaired) electrons. The molecule has 0 amide bonds. The van der Waals surface area contributed by atoms with Crippen molar-refractivity contribution in [3.63, 3.8) is 0 Å². The van der Waals surface area contributed by atoms with E-state index >= 15 is 0 Å². The topological polar surface area (TPSA) is 31.2 Å². The fourth-order valence-electron chi connectivity index (χ4n) is 4.17. The average molecular weight is 391 g/mol. The molecule has 0 fully saturated rings. The quantitative estimate of drug-likeness (QED) is 0.383. The fraction of sp³-hybridized carbons (Fsp3) is 0.0741. The van der Waals surface area contributed by atoms with Crippen molar-refractivity contribution in [1.29, 1.82) is 0 Å². The maximum Gasteiger partial charge on any atom is 0.251 e. The van der Waals surface area contributed by atoms with Crippen LogP contribution in [0.4, 0.5) is 0 Å². The first kappa shape index (κ1) is 18.2. The zero-order valence-electron chi connectivity index (χ0n) is 16.7. The molecule has 0 N–H and O–H groups in total. The molecule has 3 heteroatoms. The molecule has 0 saturated carbocycles. The van der Waals surface area contributed by atoms with Crippen molar-refractivity contribution >= 4 is 21.7 Å². The van der Waals surface area contributed by atoms with Crippen LogP contribution in [0.25, 0.3) is 32.8 Å². The number of methoxy groups -OCH3 is 1. The molecule has 5 rings (SSSR count). The van der Waals surface area contributed by atoms with E-state index in [-0.39, 0.29) is 5.56 Å². The molecule has 3 nitrogen and oxygen atoms in total. The van der Waals surface area contributed by atoms with E-state index in [1.807, 2.05) is 71.3 Å². The average Bonchev–Trinajstić information content (AvgIpc) is 2.80. The molecule has 1 aromatic heterocycles. The van der Waals surface area contributed by atoms with Crippen LogP contribution in [0.2, 0.25) is 0 Å². The second-order valence-corrected chi connectivity index (χ2v) is 7.35. The third-order valence-electron chi connectivity index (χ3n) is 5.58. The molecule has 0 atom stereocenters. The minimum atomic E-state index is -0.0254. The van der Waals surface area contributed by atoms with Gasteiger partial charge in [-0.3, -0.25) is 4.79 Å². The Kier molecular flexibility index (Phi) is 4.56. The molecule has 146 valence electrons. The number of hydrogen-bond acceptors (Lipinski definition) is 2. The first-order valence-corrected chi connectivity index (χ1v) is 9.99. The summed E-state index contributed by atoms with van der Waals surface area (Å²) in [7, 11) is 1.67. The number of rotatable bonds is 4. The molecule has 0 aliphatic heterocycles. The second kappa shape index (κ2) is 7.53. The summed E-state index contributed by atoms with van der Waals surface area (Å²) in [6.45, 7) is 0.535. The lowest BCUT2D eigenvalue weighted by molar-refractivity contribution is 0.417. The summed E-state index contributed by atoms with van der Waals surface area (Å²) in [5.41, 5.74) is 3.84. The van der Waals surface area contributed by atoms with Gasteiger partial charge in [0.15, 0.2) is 0 Å². The number of nitrogens with zero attached hydrogens (tertiary/aromatic N) is 1. The van der Waals surface area contributed by atoms with Gasteiger partial charge in [0.2, 0.25) is 0 Å². The van der Waals surface area contributed by atoms with Crippen LogP contribution in [-0.4, -0.2) is 11.7 Å². The highest BCUT2D eigenvalue weighted by Gasteiger charge is 2.16. The van der Waals surface area contributed by atoms with Gasteiger partial charge in [-0.2, -0.15) is 0 Å². The van der Waals surface area contributed by atoms with E-state index in [1.54, 1.807) is 13.2 Å². The van der Waals surface area contributed by atoms with Crippen molar-refractivity contribution in [2.45, 2.75) is 6.54 Å². The van der Waals surface area contributed by atoms with E-state index in [4.69, 9.17) is 4.74 Å². The molecular weight excluding hydrogens is 370 g/mol. The van der Waals surface area contributed by atoms with E-state index in [2.05, 4.69) is 24.3 Å².